The molecule has 1 aromatic carbocycles. The second kappa shape index (κ2) is 3.77. The Morgan fingerprint density at radius 1 is 1.08 bits per heavy atom. The fraction of sp³-hybridized carbons (Fsp3) is 0.400. The van der Waals surface area contributed by atoms with Crippen LogP contribution < -0.4 is 4.39 Å². The fourth-order valence-corrected chi connectivity index (χ4v) is 1.31. The van der Waals surface area contributed by atoms with Gasteiger partial charge >= 0.3 is 7.98 Å². The van der Waals surface area contributed by atoms with Gasteiger partial charge in [-0.15, -0.1) is 0 Å². The molecule has 1 nitrogen and oxygen atoms in total. The monoisotopic (exact) mass is 160 g/mol. The molecule has 0 saturated carbocycles. The highest BCUT2D eigenvalue weighted by Gasteiger charge is 2.19. The maximum absolute atomic E-state index is 6.16. The summed E-state index contributed by atoms with van der Waals surface area (Å²) in [7, 11) is 6.16. The van der Waals surface area contributed by atoms with Crippen molar-refractivity contribution >= 4 is 13.7 Å². The lowest BCUT2D eigenvalue weighted by Gasteiger charge is -2.32. The molecule has 0 bridgehead atoms. The van der Waals surface area contributed by atoms with E-state index in [1.807, 2.05) is 18.2 Å². The van der Waals surface area contributed by atoms with Gasteiger partial charge in [0.1, 0.15) is 5.69 Å². The van der Waals surface area contributed by atoms with Gasteiger partial charge in [0.05, 0.1) is 13.1 Å². The third-order valence-electron chi connectivity index (χ3n) is 2.40. The molecule has 0 unspecified atom stereocenters. The molecule has 0 aliphatic carbocycles. The summed E-state index contributed by atoms with van der Waals surface area (Å²) in [6, 6.07) is 10.2. The number of hydrogen-bond acceptors (Lipinski definition) is 0. The number of benzene rings is 1. The molecule has 1 rings (SSSR count). The average Bonchev–Trinajstić information content (AvgIpc) is 2.18. The van der Waals surface area contributed by atoms with Crippen LogP contribution in [0, 0.1) is 0 Å². The van der Waals surface area contributed by atoms with E-state index in [-0.39, 0.29) is 0 Å². The van der Waals surface area contributed by atoms with Crippen LogP contribution in [0.2, 0.25) is 0 Å². The van der Waals surface area contributed by atoms with Crippen LogP contribution in [-0.2, 0) is 0 Å². The van der Waals surface area contributed by atoms with Crippen LogP contribution in [0.5, 0.6) is 0 Å². The molecule has 12 heavy (non-hydrogen) atoms. The van der Waals surface area contributed by atoms with Gasteiger partial charge in [0, 0.05) is 0 Å². The molecule has 0 amide bonds. The van der Waals surface area contributed by atoms with E-state index >= 15 is 0 Å². The molecule has 1 aromatic rings. The predicted molar refractivity (Wildman–Crippen MR) is 55.1 cm³/mol. The van der Waals surface area contributed by atoms with Crippen molar-refractivity contribution in [3.8, 4) is 0 Å². The first kappa shape index (κ1) is 9.33. The lowest BCUT2D eigenvalue weighted by Crippen LogP contribution is -2.46. The van der Waals surface area contributed by atoms with E-state index in [9.17, 15) is 0 Å². The fourth-order valence-electron chi connectivity index (χ4n) is 1.31. The minimum Gasteiger partial charge on any atom is -0.364 e. The van der Waals surface area contributed by atoms with Gasteiger partial charge in [-0.05, 0) is 26.0 Å². The van der Waals surface area contributed by atoms with Crippen LogP contribution >= 0.6 is 0 Å². The van der Waals surface area contributed by atoms with Gasteiger partial charge in [0.2, 0.25) is 0 Å². The van der Waals surface area contributed by atoms with E-state index in [0.29, 0.717) is 4.39 Å². The largest absolute Gasteiger partial charge is 0.487 e. The number of rotatable bonds is 3. The van der Waals surface area contributed by atoms with Crippen LogP contribution in [0.4, 0.5) is 5.69 Å². The van der Waals surface area contributed by atoms with Crippen molar-refractivity contribution < 1.29 is 0 Å². The van der Waals surface area contributed by atoms with Crippen molar-refractivity contribution in [3.63, 3.8) is 0 Å². The molecule has 0 aromatic heterocycles. The molecule has 0 aliphatic rings. The first-order valence-electron chi connectivity index (χ1n) is 4.44. The van der Waals surface area contributed by atoms with Gasteiger partial charge < -0.3 is 4.39 Å². The first-order chi connectivity index (χ1) is 5.73. The van der Waals surface area contributed by atoms with Gasteiger partial charge in [-0.2, -0.15) is 0 Å². The van der Waals surface area contributed by atoms with Crippen LogP contribution in [0.25, 0.3) is 0 Å². The van der Waals surface area contributed by atoms with Gasteiger partial charge in [-0.25, -0.2) is 0 Å². The molecular formula is C10H15BN+. The van der Waals surface area contributed by atoms with E-state index < -0.39 is 0 Å². The van der Waals surface area contributed by atoms with E-state index in [4.69, 9.17) is 7.98 Å². The summed E-state index contributed by atoms with van der Waals surface area (Å²) in [6.45, 7) is 6.08. The SMILES string of the molecule is [B][N+](CC)(CC)c1ccccc1. The lowest BCUT2D eigenvalue weighted by molar-refractivity contribution is 0.489. The summed E-state index contributed by atoms with van der Waals surface area (Å²) < 4.78 is 0.529. The molecule has 62 valence electrons. The van der Waals surface area contributed by atoms with Gasteiger partial charge in [0.15, 0.2) is 0 Å². The van der Waals surface area contributed by atoms with Crippen LogP contribution in [0.1, 0.15) is 13.8 Å². The smallest absolute Gasteiger partial charge is 0.364 e. The summed E-state index contributed by atoms with van der Waals surface area (Å²) in [5, 5.41) is 0. The number of nitrogens with zero attached hydrogens (tertiary/aromatic N) is 1. The average molecular weight is 160 g/mol. The zero-order chi connectivity index (χ0) is 9.03. The summed E-state index contributed by atoms with van der Waals surface area (Å²) >= 11 is 0. The van der Waals surface area contributed by atoms with Gasteiger partial charge in [-0.1, -0.05) is 18.2 Å². The van der Waals surface area contributed by atoms with E-state index in [0.717, 1.165) is 13.1 Å². The second-order valence-corrected chi connectivity index (χ2v) is 3.00. The molecule has 0 saturated heterocycles. The van der Waals surface area contributed by atoms with E-state index in [1.54, 1.807) is 0 Å². The maximum atomic E-state index is 6.16. The maximum Gasteiger partial charge on any atom is 0.487 e. The Morgan fingerprint density at radius 2 is 1.58 bits per heavy atom. The Balaban J connectivity index is 2.95. The zero-order valence-corrected chi connectivity index (χ0v) is 7.83. The Bertz CT molecular complexity index is 229. The lowest BCUT2D eigenvalue weighted by atomic mass is 10.1. The number of quaternary nitrogens is 1. The van der Waals surface area contributed by atoms with Gasteiger partial charge in [-0.3, -0.25) is 0 Å². The highest BCUT2D eigenvalue weighted by molar-refractivity contribution is 6.13. The summed E-state index contributed by atoms with van der Waals surface area (Å²) in [6.07, 6.45) is 0. The number of para-hydroxylation sites is 1. The molecule has 0 N–H and O–H groups in total. The molecule has 0 fully saturated rings. The van der Waals surface area contributed by atoms with E-state index in [2.05, 4.69) is 26.0 Å². The van der Waals surface area contributed by atoms with Crippen molar-refractivity contribution in [2.45, 2.75) is 13.8 Å². The third-order valence-corrected chi connectivity index (χ3v) is 2.40. The van der Waals surface area contributed by atoms with Crippen LogP contribution in [-0.4, -0.2) is 21.1 Å². The summed E-state index contributed by atoms with van der Waals surface area (Å²) in [5.74, 6) is 0. The molecule has 0 heterocycles. The second-order valence-electron chi connectivity index (χ2n) is 3.00. The molecular weight excluding hydrogens is 145 g/mol. The quantitative estimate of drug-likeness (QED) is 0.594. The van der Waals surface area contributed by atoms with Gasteiger partial charge in [0.25, 0.3) is 0 Å². The summed E-state index contributed by atoms with van der Waals surface area (Å²) in [5.41, 5.74) is 1.18. The Labute approximate surface area is 76.0 Å². The standard InChI is InChI=1S/C10H15BN/c1-3-12(11,4-2)10-8-6-5-7-9-10/h5-9H,3-4H2,1-2H3/q+1. The first-order valence-corrected chi connectivity index (χ1v) is 4.44. The van der Waals surface area contributed by atoms with Crippen LogP contribution in [0.15, 0.2) is 30.3 Å². The number of hydrogen-bond donors (Lipinski definition) is 0. The zero-order valence-electron chi connectivity index (χ0n) is 7.83. The Kier molecular flexibility index (Phi) is 2.93. The Hall–Kier alpha value is -0.755. The molecule has 2 radical (unpaired) electrons. The predicted octanol–water partition coefficient (Wildman–Crippen LogP) is 2.12. The minimum absolute atomic E-state index is 0.529. The van der Waals surface area contributed by atoms with Crippen molar-refractivity contribution in [1.29, 1.82) is 0 Å². The van der Waals surface area contributed by atoms with Crippen molar-refractivity contribution in [2.75, 3.05) is 13.1 Å². The van der Waals surface area contributed by atoms with E-state index in [1.165, 1.54) is 5.69 Å². The van der Waals surface area contributed by atoms with Crippen LogP contribution in [0.3, 0.4) is 0 Å². The topological polar surface area (TPSA) is 0 Å². The third kappa shape index (κ3) is 1.70. The summed E-state index contributed by atoms with van der Waals surface area (Å²) in [4.78, 5) is 0. The van der Waals surface area contributed by atoms with Crippen molar-refractivity contribution in [2.24, 2.45) is 0 Å². The Morgan fingerprint density at radius 3 is 2.00 bits per heavy atom. The molecule has 2 heteroatoms. The van der Waals surface area contributed by atoms with Crippen molar-refractivity contribution in [3.05, 3.63) is 30.3 Å². The highest BCUT2D eigenvalue weighted by Crippen LogP contribution is 2.18. The molecule has 0 atom stereocenters. The molecule has 0 aliphatic heterocycles. The highest BCUT2D eigenvalue weighted by atomic mass is 15.3. The minimum atomic E-state index is 0.529. The molecule has 0 spiro atoms. The normalized spacial score (nSPS) is 11.5. The van der Waals surface area contributed by atoms with Crippen molar-refractivity contribution in [1.82, 2.24) is 4.39 Å².